The van der Waals surface area contributed by atoms with E-state index in [1.54, 1.807) is 0 Å². The Bertz CT molecular complexity index is 142. The molecular formula is C12H22. The lowest BCUT2D eigenvalue weighted by atomic mass is 9.96. The molecule has 0 aromatic carbocycles. The van der Waals surface area contributed by atoms with E-state index >= 15 is 0 Å². The van der Waals surface area contributed by atoms with E-state index < -0.39 is 0 Å². The third-order valence-electron chi connectivity index (χ3n) is 1.97. The fraction of sp³-hybridized carbons (Fsp3) is 0.667. The molecule has 0 aromatic rings. The van der Waals surface area contributed by atoms with E-state index in [4.69, 9.17) is 0 Å². The fourth-order valence-corrected chi connectivity index (χ4v) is 1.17. The second-order valence-electron chi connectivity index (χ2n) is 4.05. The van der Waals surface area contributed by atoms with Gasteiger partial charge in [0.15, 0.2) is 0 Å². The monoisotopic (exact) mass is 166 g/mol. The molecule has 2 unspecified atom stereocenters. The van der Waals surface area contributed by atoms with Gasteiger partial charge in [-0.3, -0.25) is 0 Å². The van der Waals surface area contributed by atoms with Crippen molar-refractivity contribution in [3.05, 3.63) is 24.8 Å². The van der Waals surface area contributed by atoms with Crippen LogP contribution in [0.25, 0.3) is 0 Å². The normalized spacial score (nSPS) is 16.8. The summed E-state index contributed by atoms with van der Waals surface area (Å²) < 4.78 is 0. The van der Waals surface area contributed by atoms with Crippen molar-refractivity contribution in [2.45, 2.75) is 34.1 Å². The Labute approximate surface area is 77.4 Å². The molecule has 0 heteroatoms. The Balaban J connectivity index is 3.72. The largest absolute Gasteiger partial charge is 0.103 e. The zero-order valence-electron chi connectivity index (χ0n) is 8.88. The van der Waals surface area contributed by atoms with Crippen molar-refractivity contribution in [3.63, 3.8) is 0 Å². The quantitative estimate of drug-likeness (QED) is 0.541. The van der Waals surface area contributed by atoms with E-state index in [0.29, 0.717) is 17.8 Å². The Morgan fingerprint density at radius 3 is 2.00 bits per heavy atom. The first-order valence-electron chi connectivity index (χ1n) is 4.87. The molecule has 12 heavy (non-hydrogen) atoms. The van der Waals surface area contributed by atoms with Crippen LogP contribution in [0.5, 0.6) is 0 Å². The molecule has 0 rings (SSSR count). The first-order valence-corrected chi connectivity index (χ1v) is 4.87. The summed E-state index contributed by atoms with van der Waals surface area (Å²) in [5.74, 6) is 1.99. The topological polar surface area (TPSA) is 0 Å². The van der Waals surface area contributed by atoms with Gasteiger partial charge in [0.2, 0.25) is 0 Å². The highest BCUT2D eigenvalue weighted by Crippen LogP contribution is 2.14. The average Bonchev–Trinajstić information content (AvgIpc) is 2.00. The summed E-state index contributed by atoms with van der Waals surface area (Å²) in [7, 11) is 0. The standard InChI is InChI=1S/C12H22/c1-6-11(4)9-12(5)8-7-10(2)3/h6-8,10-12H,1,9H2,2-5H3. The van der Waals surface area contributed by atoms with Crippen LogP contribution in [0.2, 0.25) is 0 Å². The van der Waals surface area contributed by atoms with Gasteiger partial charge in [-0.25, -0.2) is 0 Å². The molecule has 0 N–H and O–H groups in total. The van der Waals surface area contributed by atoms with Crippen molar-refractivity contribution in [1.29, 1.82) is 0 Å². The maximum Gasteiger partial charge on any atom is -0.0256 e. The number of hydrogen-bond donors (Lipinski definition) is 0. The lowest BCUT2D eigenvalue weighted by Gasteiger charge is -2.10. The van der Waals surface area contributed by atoms with Crippen LogP contribution in [0, 0.1) is 17.8 Å². The smallest absolute Gasteiger partial charge is 0.0256 e. The van der Waals surface area contributed by atoms with E-state index in [1.165, 1.54) is 6.42 Å². The van der Waals surface area contributed by atoms with E-state index in [2.05, 4.69) is 46.4 Å². The van der Waals surface area contributed by atoms with Crippen LogP contribution in [0.3, 0.4) is 0 Å². The van der Waals surface area contributed by atoms with E-state index in [-0.39, 0.29) is 0 Å². The molecule has 0 saturated carbocycles. The molecule has 2 atom stereocenters. The van der Waals surface area contributed by atoms with E-state index in [1.807, 2.05) is 6.08 Å². The Morgan fingerprint density at radius 2 is 1.58 bits per heavy atom. The zero-order chi connectivity index (χ0) is 9.56. The lowest BCUT2D eigenvalue weighted by Crippen LogP contribution is -1.97. The van der Waals surface area contributed by atoms with Gasteiger partial charge < -0.3 is 0 Å². The first kappa shape index (κ1) is 11.5. The second kappa shape index (κ2) is 6.05. The molecular weight excluding hydrogens is 144 g/mol. The average molecular weight is 166 g/mol. The minimum atomic E-state index is 0.636. The molecule has 0 aliphatic carbocycles. The van der Waals surface area contributed by atoms with E-state index in [9.17, 15) is 0 Å². The molecule has 0 aliphatic rings. The summed E-state index contributed by atoms with van der Waals surface area (Å²) in [6.45, 7) is 12.7. The maximum atomic E-state index is 3.78. The van der Waals surface area contributed by atoms with Gasteiger partial charge in [0, 0.05) is 0 Å². The second-order valence-corrected chi connectivity index (χ2v) is 4.05. The molecule has 0 heterocycles. The van der Waals surface area contributed by atoms with E-state index in [0.717, 1.165) is 0 Å². The summed E-state index contributed by atoms with van der Waals surface area (Å²) in [5.41, 5.74) is 0. The highest BCUT2D eigenvalue weighted by molar-refractivity contribution is 4.90. The predicted octanol–water partition coefficient (Wildman–Crippen LogP) is 4.05. The van der Waals surface area contributed by atoms with Crippen molar-refractivity contribution < 1.29 is 0 Å². The molecule has 0 saturated heterocycles. The van der Waals surface area contributed by atoms with Gasteiger partial charge in [-0.15, -0.1) is 6.58 Å². The van der Waals surface area contributed by atoms with Gasteiger partial charge >= 0.3 is 0 Å². The summed E-state index contributed by atoms with van der Waals surface area (Å²) in [6, 6.07) is 0. The van der Waals surface area contributed by atoms with Crippen LogP contribution < -0.4 is 0 Å². The molecule has 0 spiro atoms. The summed E-state index contributed by atoms with van der Waals surface area (Å²) >= 11 is 0. The van der Waals surface area contributed by atoms with Crippen LogP contribution in [0.1, 0.15) is 34.1 Å². The lowest BCUT2D eigenvalue weighted by molar-refractivity contribution is 0.542. The molecule has 0 nitrogen and oxygen atoms in total. The van der Waals surface area contributed by atoms with Gasteiger partial charge in [-0.2, -0.15) is 0 Å². The van der Waals surface area contributed by atoms with Gasteiger partial charge in [-0.05, 0) is 24.2 Å². The number of rotatable bonds is 5. The van der Waals surface area contributed by atoms with Crippen molar-refractivity contribution in [2.75, 3.05) is 0 Å². The Hall–Kier alpha value is -0.520. The maximum absolute atomic E-state index is 3.78. The van der Waals surface area contributed by atoms with Crippen LogP contribution in [-0.2, 0) is 0 Å². The highest BCUT2D eigenvalue weighted by atomic mass is 14.1. The minimum Gasteiger partial charge on any atom is -0.103 e. The van der Waals surface area contributed by atoms with Crippen molar-refractivity contribution in [1.82, 2.24) is 0 Å². The molecule has 0 radical (unpaired) electrons. The molecule has 0 amide bonds. The van der Waals surface area contributed by atoms with Gasteiger partial charge in [0.05, 0.1) is 0 Å². The Kier molecular flexibility index (Phi) is 5.79. The first-order chi connectivity index (χ1) is 5.56. The summed E-state index contributed by atoms with van der Waals surface area (Å²) in [4.78, 5) is 0. The Morgan fingerprint density at radius 1 is 1.00 bits per heavy atom. The van der Waals surface area contributed by atoms with Crippen LogP contribution in [-0.4, -0.2) is 0 Å². The van der Waals surface area contributed by atoms with Crippen LogP contribution >= 0.6 is 0 Å². The number of hydrogen-bond acceptors (Lipinski definition) is 0. The molecule has 70 valence electrons. The summed E-state index contributed by atoms with van der Waals surface area (Å²) in [6.07, 6.45) is 7.83. The molecule has 0 aliphatic heterocycles. The van der Waals surface area contributed by atoms with Crippen molar-refractivity contribution in [3.8, 4) is 0 Å². The summed E-state index contributed by atoms with van der Waals surface area (Å²) in [5, 5.41) is 0. The van der Waals surface area contributed by atoms with Crippen LogP contribution in [0.4, 0.5) is 0 Å². The SMILES string of the molecule is C=CC(C)CC(C)C=CC(C)C. The third-order valence-corrected chi connectivity index (χ3v) is 1.97. The molecule has 0 aromatic heterocycles. The van der Waals surface area contributed by atoms with Gasteiger partial charge in [0.25, 0.3) is 0 Å². The third kappa shape index (κ3) is 6.21. The number of allylic oxidation sites excluding steroid dienone is 3. The fourth-order valence-electron chi connectivity index (χ4n) is 1.17. The van der Waals surface area contributed by atoms with Gasteiger partial charge in [0.1, 0.15) is 0 Å². The van der Waals surface area contributed by atoms with Crippen molar-refractivity contribution >= 4 is 0 Å². The zero-order valence-corrected chi connectivity index (χ0v) is 8.88. The molecule has 0 fully saturated rings. The molecule has 0 bridgehead atoms. The van der Waals surface area contributed by atoms with Crippen molar-refractivity contribution in [2.24, 2.45) is 17.8 Å². The highest BCUT2D eigenvalue weighted by Gasteiger charge is 2.01. The van der Waals surface area contributed by atoms with Gasteiger partial charge in [-0.1, -0.05) is 45.9 Å². The predicted molar refractivity (Wildman–Crippen MR) is 57.1 cm³/mol. The van der Waals surface area contributed by atoms with Crippen LogP contribution in [0.15, 0.2) is 24.8 Å². The minimum absolute atomic E-state index is 0.636.